The van der Waals surface area contributed by atoms with Gasteiger partial charge in [0, 0.05) is 25.7 Å². The van der Waals surface area contributed by atoms with E-state index in [2.05, 4.69) is 36.1 Å². The summed E-state index contributed by atoms with van der Waals surface area (Å²) in [6.07, 6.45) is 5.36. The zero-order valence-corrected chi connectivity index (χ0v) is 11.3. The first-order chi connectivity index (χ1) is 7.74. The maximum atomic E-state index is 3.53. The topological polar surface area (TPSA) is 18.5 Å². The molecule has 0 aromatic heterocycles. The predicted octanol–water partition coefficient (Wildman–Crippen LogP) is 1.40. The highest BCUT2D eigenvalue weighted by atomic mass is 15.2. The number of likely N-dealkylation sites (tertiary alicyclic amines) is 1. The number of nitrogens with one attached hydrogen (secondary N) is 1. The molecule has 1 atom stereocenters. The number of nitrogens with zero attached hydrogens (tertiary/aromatic N) is 2. The van der Waals surface area contributed by atoms with Crippen LogP contribution < -0.4 is 5.32 Å². The van der Waals surface area contributed by atoms with Crippen molar-refractivity contribution in [1.29, 1.82) is 0 Å². The van der Waals surface area contributed by atoms with Crippen LogP contribution in [0, 0.1) is 0 Å². The third-order valence-corrected chi connectivity index (χ3v) is 3.36. The molecular weight excluding hydrogens is 198 g/mol. The van der Waals surface area contributed by atoms with Crippen LogP contribution >= 0.6 is 0 Å². The minimum atomic E-state index is 0.794. The van der Waals surface area contributed by atoms with Crippen LogP contribution in [-0.4, -0.2) is 62.7 Å². The second-order valence-corrected chi connectivity index (χ2v) is 5.20. The van der Waals surface area contributed by atoms with E-state index in [4.69, 9.17) is 0 Å². The van der Waals surface area contributed by atoms with Gasteiger partial charge in [-0.1, -0.05) is 13.3 Å². The molecule has 0 bridgehead atoms. The largest absolute Gasteiger partial charge is 0.315 e. The van der Waals surface area contributed by atoms with Gasteiger partial charge in [-0.05, 0) is 46.4 Å². The van der Waals surface area contributed by atoms with Crippen LogP contribution in [0.25, 0.3) is 0 Å². The molecule has 1 fully saturated rings. The second kappa shape index (κ2) is 8.04. The number of unbranched alkanes of at least 4 members (excludes halogenated alkanes) is 1. The average molecular weight is 227 g/mol. The number of likely N-dealkylation sites (N-methyl/N-ethyl adjacent to an activating group) is 1. The molecule has 1 aliphatic heterocycles. The molecule has 1 saturated heterocycles. The van der Waals surface area contributed by atoms with Crippen molar-refractivity contribution in [1.82, 2.24) is 15.1 Å². The van der Waals surface area contributed by atoms with Crippen LogP contribution in [0.5, 0.6) is 0 Å². The van der Waals surface area contributed by atoms with E-state index in [1.54, 1.807) is 0 Å². The zero-order chi connectivity index (χ0) is 11.8. The lowest BCUT2D eigenvalue weighted by molar-refractivity contribution is 0.208. The SMILES string of the molecule is CCCCNCCN1CCCC1CN(C)C. The Balaban J connectivity index is 2.10. The van der Waals surface area contributed by atoms with Gasteiger partial charge in [0.2, 0.25) is 0 Å². The summed E-state index contributed by atoms with van der Waals surface area (Å²) in [6, 6.07) is 0.794. The van der Waals surface area contributed by atoms with Crippen molar-refractivity contribution < 1.29 is 0 Å². The maximum Gasteiger partial charge on any atom is 0.0223 e. The lowest BCUT2D eigenvalue weighted by atomic mass is 10.2. The van der Waals surface area contributed by atoms with Gasteiger partial charge in [-0.25, -0.2) is 0 Å². The van der Waals surface area contributed by atoms with E-state index in [1.165, 1.54) is 51.9 Å². The number of hydrogen-bond acceptors (Lipinski definition) is 3. The highest BCUT2D eigenvalue weighted by Gasteiger charge is 2.23. The highest BCUT2D eigenvalue weighted by molar-refractivity contribution is 4.81. The molecule has 1 rings (SSSR count). The molecule has 96 valence electrons. The van der Waals surface area contributed by atoms with Crippen molar-refractivity contribution in [2.24, 2.45) is 0 Å². The monoisotopic (exact) mass is 227 g/mol. The molecule has 0 aliphatic carbocycles. The summed E-state index contributed by atoms with van der Waals surface area (Å²) in [6.45, 7) is 8.33. The fourth-order valence-corrected chi connectivity index (χ4v) is 2.47. The molecule has 3 nitrogen and oxygen atoms in total. The van der Waals surface area contributed by atoms with Gasteiger partial charge in [0.05, 0.1) is 0 Å². The van der Waals surface area contributed by atoms with Crippen LogP contribution in [0.3, 0.4) is 0 Å². The van der Waals surface area contributed by atoms with Crippen molar-refractivity contribution in [3.63, 3.8) is 0 Å². The van der Waals surface area contributed by atoms with E-state index in [0.717, 1.165) is 12.6 Å². The standard InChI is InChI=1S/C13H29N3/c1-4-5-8-14-9-11-16-10-6-7-13(16)12-15(2)3/h13-14H,4-12H2,1-3H3. The smallest absolute Gasteiger partial charge is 0.0223 e. The van der Waals surface area contributed by atoms with Crippen LogP contribution in [0.2, 0.25) is 0 Å². The summed E-state index contributed by atoms with van der Waals surface area (Å²) in [5, 5.41) is 3.53. The Bertz CT molecular complexity index is 171. The summed E-state index contributed by atoms with van der Waals surface area (Å²) in [7, 11) is 4.35. The Hall–Kier alpha value is -0.120. The zero-order valence-electron chi connectivity index (χ0n) is 11.3. The molecule has 1 aliphatic rings. The maximum absolute atomic E-state index is 3.53. The van der Waals surface area contributed by atoms with Gasteiger partial charge >= 0.3 is 0 Å². The van der Waals surface area contributed by atoms with Gasteiger partial charge in [-0.3, -0.25) is 4.90 Å². The van der Waals surface area contributed by atoms with E-state index >= 15 is 0 Å². The molecule has 1 heterocycles. The molecule has 0 radical (unpaired) electrons. The van der Waals surface area contributed by atoms with Gasteiger partial charge in [0.1, 0.15) is 0 Å². The van der Waals surface area contributed by atoms with Crippen LogP contribution in [0.1, 0.15) is 32.6 Å². The molecule has 1 unspecified atom stereocenters. The number of hydrogen-bond donors (Lipinski definition) is 1. The predicted molar refractivity (Wildman–Crippen MR) is 70.9 cm³/mol. The van der Waals surface area contributed by atoms with Crippen molar-refractivity contribution in [2.45, 2.75) is 38.6 Å². The summed E-state index contributed by atoms with van der Waals surface area (Å²) in [5.74, 6) is 0. The molecule has 3 heteroatoms. The van der Waals surface area contributed by atoms with Crippen molar-refractivity contribution in [3.05, 3.63) is 0 Å². The van der Waals surface area contributed by atoms with Gasteiger partial charge in [0.15, 0.2) is 0 Å². The highest BCUT2D eigenvalue weighted by Crippen LogP contribution is 2.16. The fraction of sp³-hybridized carbons (Fsp3) is 1.00. The first-order valence-corrected chi connectivity index (χ1v) is 6.83. The van der Waals surface area contributed by atoms with Gasteiger partial charge in [0.25, 0.3) is 0 Å². The number of rotatable bonds is 8. The average Bonchev–Trinajstić information content (AvgIpc) is 2.64. The molecule has 16 heavy (non-hydrogen) atoms. The normalized spacial score (nSPS) is 22.1. The second-order valence-electron chi connectivity index (χ2n) is 5.20. The van der Waals surface area contributed by atoms with Crippen LogP contribution in [-0.2, 0) is 0 Å². The Morgan fingerprint density at radius 1 is 1.31 bits per heavy atom. The van der Waals surface area contributed by atoms with Gasteiger partial charge < -0.3 is 10.2 Å². The molecule has 1 N–H and O–H groups in total. The molecule has 0 aromatic rings. The van der Waals surface area contributed by atoms with Crippen LogP contribution in [0.4, 0.5) is 0 Å². The molecule has 0 spiro atoms. The summed E-state index contributed by atoms with van der Waals surface area (Å²) in [4.78, 5) is 4.96. The van der Waals surface area contributed by atoms with E-state index < -0.39 is 0 Å². The Kier molecular flexibility index (Phi) is 7.01. The van der Waals surface area contributed by atoms with Crippen molar-refractivity contribution in [3.8, 4) is 0 Å². The first-order valence-electron chi connectivity index (χ1n) is 6.83. The van der Waals surface area contributed by atoms with E-state index in [0.29, 0.717) is 0 Å². The fourth-order valence-electron chi connectivity index (χ4n) is 2.47. The molecule has 0 aromatic carbocycles. The van der Waals surface area contributed by atoms with Gasteiger partial charge in [-0.2, -0.15) is 0 Å². The van der Waals surface area contributed by atoms with E-state index in [9.17, 15) is 0 Å². The van der Waals surface area contributed by atoms with E-state index in [1.807, 2.05) is 0 Å². The summed E-state index contributed by atoms with van der Waals surface area (Å²) in [5.41, 5.74) is 0. The third kappa shape index (κ3) is 5.28. The lowest BCUT2D eigenvalue weighted by Crippen LogP contribution is -2.41. The lowest BCUT2D eigenvalue weighted by Gasteiger charge is -2.27. The molecular formula is C13H29N3. The van der Waals surface area contributed by atoms with Crippen LogP contribution in [0.15, 0.2) is 0 Å². The minimum absolute atomic E-state index is 0.794. The Morgan fingerprint density at radius 2 is 2.12 bits per heavy atom. The summed E-state index contributed by atoms with van der Waals surface area (Å²) < 4.78 is 0. The minimum Gasteiger partial charge on any atom is -0.315 e. The molecule has 0 amide bonds. The van der Waals surface area contributed by atoms with E-state index in [-0.39, 0.29) is 0 Å². The van der Waals surface area contributed by atoms with Gasteiger partial charge in [-0.15, -0.1) is 0 Å². The Labute approximate surface area is 101 Å². The van der Waals surface area contributed by atoms with Crippen molar-refractivity contribution >= 4 is 0 Å². The quantitative estimate of drug-likeness (QED) is 0.632. The molecule has 0 saturated carbocycles. The van der Waals surface area contributed by atoms with Crippen molar-refractivity contribution in [2.75, 3.05) is 46.8 Å². The first kappa shape index (κ1) is 13.9. The Morgan fingerprint density at radius 3 is 2.81 bits per heavy atom. The summed E-state index contributed by atoms with van der Waals surface area (Å²) >= 11 is 0. The third-order valence-electron chi connectivity index (χ3n) is 3.36.